The third kappa shape index (κ3) is 4.51. The van der Waals surface area contributed by atoms with Crippen LogP contribution in [0.1, 0.15) is 23.7 Å². The third-order valence-corrected chi connectivity index (χ3v) is 3.78. The molecule has 0 saturated heterocycles. The zero-order valence-electron chi connectivity index (χ0n) is 15.6. The Balaban J connectivity index is 1.86. The predicted molar refractivity (Wildman–Crippen MR) is 107 cm³/mol. The van der Waals surface area contributed by atoms with Gasteiger partial charge in [0.1, 0.15) is 11.6 Å². The standard InChI is InChI=1S/C21H24N4O/c1-5-26-19-9-7-6-8-18(19)24-21-22-16(4)13-20(25-21)23-17-11-14(2)10-15(3)12-17/h6-13H,5H2,1-4H3,(H2,22,23,24,25). The highest BCUT2D eigenvalue weighted by Gasteiger charge is 2.07. The van der Waals surface area contributed by atoms with Gasteiger partial charge in [-0.25, -0.2) is 4.98 Å². The average Bonchev–Trinajstić information content (AvgIpc) is 2.55. The molecule has 0 unspecified atom stereocenters. The quantitative estimate of drug-likeness (QED) is 0.634. The molecule has 0 atom stereocenters. The van der Waals surface area contributed by atoms with Crippen LogP contribution in [0.3, 0.4) is 0 Å². The van der Waals surface area contributed by atoms with Crippen molar-refractivity contribution >= 4 is 23.1 Å². The van der Waals surface area contributed by atoms with Gasteiger partial charge < -0.3 is 15.4 Å². The largest absolute Gasteiger partial charge is 0.492 e. The molecule has 0 fully saturated rings. The van der Waals surface area contributed by atoms with Gasteiger partial charge in [-0.05, 0) is 63.1 Å². The van der Waals surface area contributed by atoms with E-state index in [1.165, 1.54) is 11.1 Å². The molecule has 0 aliphatic heterocycles. The first-order valence-corrected chi connectivity index (χ1v) is 8.73. The van der Waals surface area contributed by atoms with Crippen LogP contribution in [0.15, 0.2) is 48.5 Å². The number of aryl methyl sites for hydroxylation is 3. The molecular weight excluding hydrogens is 324 g/mol. The topological polar surface area (TPSA) is 59.1 Å². The Bertz CT molecular complexity index is 888. The summed E-state index contributed by atoms with van der Waals surface area (Å²) < 4.78 is 5.66. The highest BCUT2D eigenvalue weighted by atomic mass is 16.5. The van der Waals surface area contributed by atoms with Crippen molar-refractivity contribution in [1.29, 1.82) is 0 Å². The number of nitrogens with zero attached hydrogens (tertiary/aromatic N) is 2. The van der Waals surface area contributed by atoms with Crippen LogP contribution in [0, 0.1) is 20.8 Å². The van der Waals surface area contributed by atoms with E-state index >= 15 is 0 Å². The monoisotopic (exact) mass is 348 g/mol. The molecular formula is C21H24N4O. The minimum atomic E-state index is 0.532. The molecule has 0 radical (unpaired) electrons. The summed E-state index contributed by atoms with van der Waals surface area (Å²) in [6.07, 6.45) is 0. The molecule has 5 heteroatoms. The highest BCUT2D eigenvalue weighted by Crippen LogP contribution is 2.27. The van der Waals surface area contributed by atoms with Crippen LogP contribution < -0.4 is 15.4 Å². The second-order valence-electron chi connectivity index (χ2n) is 6.27. The lowest BCUT2D eigenvalue weighted by Gasteiger charge is -2.13. The van der Waals surface area contributed by atoms with Crippen LogP contribution in [0.25, 0.3) is 0 Å². The lowest BCUT2D eigenvalue weighted by Crippen LogP contribution is -2.04. The fourth-order valence-corrected chi connectivity index (χ4v) is 2.85. The SMILES string of the molecule is CCOc1ccccc1Nc1nc(C)cc(Nc2cc(C)cc(C)c2)n1. The summed E-state index contributed by atoms with van der Waals surface area (Å²) in [6, 6.07) is 16.1. The molecule has 3 rings (SSSR count). The van der Waals surface area contributed by atoms with Crippen LogP contribution >= 0.6 is 0 Å². The van der Waals surface area contributed by atoms with Gasteiger partial charge in [-0.3, -0.25) is 0 Å². The lowest BCUT2D eigenvalue weighted by molar-refractivity contribution is 0.342. The van der Waals surface area contributed by atoms with Crippen molar-refractivity contribution in [3.8, 4) is 5.75 Å². The normalized spacial score (nSPS) is 10.5. The van der Waals surface area contributed by atoms with Crippen molar-refractivity contribution in [1.82, 2.24) is 9.97 Å². The van der Waals surface area contributed by atoms with Crippen LogP contribution in [0.2, 0.25) is 0 Å². The Morgan fingerprint density at radius 1 is 0.885 bits per heavy atom. The van der Waals surface area contributed by atoms with Gasteiger partial charge in [-0.1, -0.05) is 18.2 Å². The van der Waals surface area contributed by atoms with Crippen LogP contribution in [-0.2, 0) is 0 Å². The molecule has 26 heavy (non-hydrogen) atoms. The third-order valence-electron chi connectivity index (χ3n) is 3.78. The maximum absolute atomic E-state index is 5.66. The van der Waals surface area contributed by atoms with Gasteiger partial charge in [0.2, 0.25) is 5.95 Å². The average molecular weight is 348 g/mol. The summed E-state index contributed by atoms with van der Waals surface area (Å²) in [7, 11) is 0. The predicted octanol–water partition coefficient (Wildman–Crippen LogP) is 5.29. The summed E-state index contributed by atoms with van der Waals surface area (Å²) in [5.41, 5.74) is 5.16. The van der Waals surface area contributed by atoms with Crippen molar-refractivity contribution in [3.05, 3.63) is 65.4 Å². The number of aromatic nitrogens is 2. The Labute approximate surface area is 154 Å². The van der Waals surface area contributed by atoms with Crippen LogP contribution in [-0.4, -0.2) is 16.6 Å². The van der Waals surface area contributed by atoms with Gasteiger partial charge in [-0.15, -0.1) is 0 Å². The van der Waals surface area contributed by atoms with Gasteiger partial charge in [0.25, 0.3) is 0 Å². The van der Waals surface area contributed by atoms with E-state index < -0.39 is 0 Å². The molecule has 0 spiro atoms. The van der Waals surface area contributed by atoms with Gasteiger partial charge in [0, 0.05) is 17.4 Å². The fraction of sp³-hybridized carbons (Fsp3) is 0.238. The molecule has 1 aromatic heterocycles. The summed E-state index contributed by atoms with van der Waals surface area (Å²) in [4.78, 5) is 9.09. The maximum atomic E-state index is 5.66. The first kappa shape index (κ1) is 17.7. The van der Waals surface area contributed by atoms with E-state index in [1.807, 2.05) is 44.2 Å². The van der Waals surface area contributed by atoms with Crippen molar-refractivity contribution in [2.45, 2.75) is 27.7 Å². The maximum Gasteiger partial charge on any atom is 0.229 e. The molecule has 0 amide bonds. The Morgan fingerprint density at radius 3 is 2.35 bits per heavy atom. The number of nitrogens with one attached hydrogen (secondary N) is 2. The minimum Gasteiger partial charge on any atom is -0.492 e. The summed E-state index contributed by atoms with van der Waals surface area (Å²) in [6.45, 7) is 8.69. The Morgan fingerprint density at radius 2 is 1.62 bits per heavy atom. The van der Waals surface area contributed by atoms with Crippen LogP contribution in [0.5, 0.6) is 5.75 Å². The van der Waals surface area contributed by atoms with Gasteiger partial charge in [0.05, 0.1) is 12.3 Å². The van der Waals surface area contributed by atoms with E-state index in [-0.39, 0.29) is 0 Å². The molecule has 134 valence electrons. The molecule has 2 aromatic carbocycles. The van der Waals surface area contributed by atoms with Gasteiger partial charge in [0.15, 0.2) is 0 Å². The van der Waals surface area contributed by atoms with E-state index in [2.05, 4.69) is 52.6 Å². The van der Waals surface area contributed by atoms with E-state index in [0.717, 1.165) is 28.6 Å². The Hall–Kier alpha value is -3.08. The second-order valence-corrected chi connectivity index (χ2v) is 6.27. The summed E-state index contributed by atoms with van der Waals surface area (Å²) in [5.74, 6) is 2.06. The molecule has 2 N–H and O–H groups in total. The molecule has 3 aromatic rings. The van der Waals surface area contributed by atoms with E-state index in [0.29, 0.717) is 12.6 Å². The molecule has 0 saturated carbocycles. The van der Waals surface area contributed by atoms with E-state index in [4.69, 9.17) is 4.74 Å². The number of anilines is 4. The summed E-state index contributed by atoms with van der Waals surface area (Å²) >= 11 is 0. The van der Waals surface area contributed by atoms with Crippen molar-refractivity contribution < 1.29 is 4.74 Å². The van der Waals surface area contributed by atoms with Crippen LogP contribution in [0.4, 0.5) is 23.1 Å². The summed E-state index contributed by atoms with van der Waals surface area (Å²) in [5, 5.41) is 6.63. The minimum absolute atomic E-state index is 0.532. The first-order chi connectivity index (χ1) is 12.5. The smallest absolute Gasteiger partial charge is 0.229 e. The first-order valence-electron chi connectivity index (χ1n) is 8.73. The second kappa shape index (κ2) is 7.87. The molecule has 5 nitrogen and oxygen atoms in total. The molecule has 0 aliphatic carbocycles. The van der Waals surface area contributed by atoms with Gasteiger partial charge in [-0.2, -0.15) is 4.98 Å². The molecule has 0 bridgehead atoms. The van der Waals surface area contributed by atoms with E-state index in [1.54, 1.807) is 0 Å². The van der Waals surface area contributed by atoms with Crippen molar-refractivity contribution in [2.75, 3.05) is 17.2 Å². The number of hydrogen-bond donors (Lipinski definition) is 2. The number of ether oxygens (including phenoxy) is 1. The zero-order chi connectivity index (χ0) is 18.5. The van der Waals surface area contributed by atoms with Gasteiger partial charge >= 0.3 is 0 Å². The number of rotatable bonds is 6. The van der Waals surface area contributed by atoms with Crippen molar-refractivity contribution in [2.24, 2.45) is 0 Å². The number of benzene rings is 2. The van der Waals surface area contributed by atoms with Crippen molar-refractivity contribution in [3.63, 3.8) is 0 Å². The zero-order valence-corrected chi connectivity index (χ0v) is 15.6. The molecule has 0 aliphatic rings. The van der Waals surface area contributed by atoms with E-state index in [9.17, 15) is 0 Å². The fourth-order valence-electron chi connectivity index (χ4n) is 2.85. The molecule has 1 heterocycles. The Kier molecular flexibility index (Phi) is 5.37. The number of para-hydroxylation sites is 2. The lowest BCUT2D eigenvalue weighted by atomic mass is 10.1. The highest BCUT2D eigenvalue weighted by molar-refractivity contribution is 5.65. The number of hydrogen-bond acceptors (Lipinski definition) is 5.